The zero-order valence-electron chi connectivity index (χ0n) is 26.2. The molecule has 0 radical (unpaired) electrons. The van der Waals surface area contributed by atoms with Crippen molar-refractivity contribution >= 4 is 17.1 Å². The van der Waals surface area contributed by atoms with E-state index in [-0.39, 0.29) is 0 Å². The second-order valence-electron chi connectivity index (χ2n) is 13.7. The van der Waals surface area contributed by atoms with Gasteiger partial charge >= 0.3 is 0 Å². The summed E-state index contributed by atoms with van der Waals surface area (Å²) in [6.07, 6.45) is 9.26. The monoisotopic (exact) mass is 566 g/mol. The highest BCUT2D eigenvalue weighted by Crippen LogP contribution is 2.63. The molecule has 2 nitrogen and oxygen atoms in total. The van der Waals surface area contributed by atoms with Crippen molar-refractivity contribution in [2.75, 3.05) is 10.6 Å². The first-order valence-corrected chi connectivity index (χ1v) is 16.6. The number of para-hydroxylation sites is 1. The lowest BCUT2D eigenvalue weighted by molar-refractivity contribution is 0.286. The van der Waals surface area contributed by atoms with Gasteiger partial charge in [0.2, 0.25) is 0 Å². The van der Waals surface area contributed by atoms with Crippen LogP contribution < -0.4 is 10.6 Å². The molecule has 4 atom stereocenters. The van der Waals surface area contributed by atoms with E-state index in [1.165, 1.54) is 65.6 Å². The molecule has 2 heteroatoms. The van der Waals surface area contributed by atoms with Gasteiger partial charge in [0.25, 0.3) is 0 Å². The Morgan fingerprint density at radius 1 is 0.628 bits per heavy atom. The lowest BCUT2D eigenvalue weighted by Gasteiger charge is -2.36. The number of nitrogens with one attached hydrogen (secondary N) is 2. The van der Waals surface area contributed by atoms with Gasteiger partial charge in [0, 0.05) is 29.0 Å². The molecule has 0 bridgehead atoms. The summed E-state index contributed by atoms with van der Waals surface area (Å²) in [4.78, 5) is 0. The first-order chi connectivity index (χ1) is 21.0. The maximum absolute atomic E-state index is 3.82. The number of fused-ring (bicyclic) bond motifs is 3. The van der Waals surface area contributed by atoms with E-state index in [2.05, 4.69) is 135 Å². The molecule has 3 aliphatic rings. The molecule has 7 rings (SSSR count). The molecule has 0 saturated heterocycles. The Kier molecular flexibility index (Phi) is 7.63. The third kappa shape index (κ3) is 5.30. The summed E-state index contributed by atoms with van der Waals surface area (Å²) in [6.45, 7) is 9.64. The van der Waals surface area contributed by atoms with Crippen molar-refractivity contribution in [2.45, 2.75) is 77.7 Å². The minimum atomic E-state index is 0.519. The first kappa shape index (κ1) is 28.0. The van der Waals surface area contributed by atoms with Crippen molar-refractivity contribution in [3.05, 3.63) is 114 Å². The molecule has 4 aromatic carbocycles. The Morgan fingerprint density at radius 3 is 1.81 bits per heavy atom. The minimum absolute atomic E-state index is 0.519. The summed E-state index contributed by atoms with van der Waals surface area (Å²) in [5.41, 5.74) is 13.7. The van der Waals surface area contributed by atoms with E-state index in [0.29, 0.717) is 35.6 Å². The Morgan fingerprint density at radius 2 is 1.21 bits per heavy atom. The van der Waals surface area contributed by atoms with Gasteiger partial charge in [-0.1, -0.05) is 106 Å². The molecule has 1 fully saturated rings. The largest absolute Gasteiger partial charge is 0.382 e. The topological polar surface area (TPSA) is 24.1 Å². The van der Waals surface area contributed by atoms with Crippen LogP contribution in [-0.4, -0.2) is 6.04 Å². The normalized spacial score (nSPS) is 21.9. The van der Waals surface area contributed by atoms with Gasteiger partial charge in [-0.15, -0.1) is 0 Å². The molecular weight excluding hydrogens is 520 g/mol. The van der Waals surface area contributed by atoms with Crippen molar-refractivity contribution < 1.29 is 0 Å². The Bertz CT molecular complexity index is 1590. The van der Waals surface area contributed by atoms with E-state index in [0.717, 1.165) is 11.4 Å². The summed E-state index contributed by atoms with van der Waals surface area (Å²) >= 11 is 0. The Labute approximate surface area is 258 Å². The molecule has 0 spiro atoms. The van der Waals surface area contributed by atoms with Crippen LogP contribution in [0.25, 0.3) is 22.3 Å². The van der Waals surface area contributed by atoms with E-state index in [4.69, 9.17) is 0 Å². The maximum Gasteiger partial charge on any atom is 0.0384 e. The van der Waals surface area contributed by atoms with Crippen LogP contribution in [0.3, 0.4) is 0 Å². The average Bonchev–Trinajstić information content (AvgIpc) is 3.31. The number of benzene rings is 4. The average molecular weight is 567 g/mol. The standard InChI is InChI=1S/C41H46N2/c1-26(2)28(4)39-37-25-27(3)38(37)40-35(29-15-19-33(20-16-29)42-31-11-7-5-8-12-31)23-24-36(41(39)40)30-17-21-34(22-18-30)43-32-13-9-6-10-14-32/h5,7-8,11-12,15-26,28,32,37-39,42-43H,6,9-10,13-14H2,1-4H3. The fourth-order valence-electron chi connectivity index (χ4n) is 8.12. The number of anilines is 3. The third-order valence-electron chi connectivity index (χ3n) is 10.7. The Hall–Kier alpha value is -3.78. The lowest BCUT2D eigenvalue weighted by atomic mass is 9.67. The lowest BCUT2D eigenvalue weighted by Crippen LogP contribution is -2.26. The van der Waals surface area contributed by atoms with Crippen LogP contribution in [0.4, 0.5) is 17.1 Å². The van der Waals surface area contributed by atoms with Crippen molar-refractivity contribution in [3.63, 3.8) is 0 Å². The number of rotatable bonds is 8. The van der Waals surface area contributed by atoms with Gasteiger partial charge in [0.05, 0.1) is 0 Å². The zero-order valence-corrected chi connectivity index (χ0v) is 26.2. The highest BCUT2D eigenvalue weighted by molar-refractivity contribution is 5.83. The van der Waals surface area contributed by atoms with Gasteiger partial charge in [0.15, 0.2) is 0 Å². The number of hydrogen-bond acceptors (Lipinski definition) is 2. The van der Waals surface area contributed by atoms with Crippen molar-refractivity contribution in [1.29, 1.82) is 0 Å². The highest BCUT2D eigenvalue weighted by atomic mass is 14.9. The second-order valence-corrected chi connectivity index (χ2v) is 13.7. The van der Waals surface area contributed by atoms with Gasteiger partial charge in [-0.3, -0.25) is 0 Å². The van der Waals surface area contributed by atoms with Gasteiger partial charge in [0.1, 0.15) is 0 Å². The van der Waals surface area contributed by atoms with Gasteiger partial charge in [-0.2, -0.15) is 0 Å². The van der Waals surface area contributed by atoms with Crippen LogP contribution in [0.15, 0.2) is 103 Å². The van der Waals surface area contributed by atoms with Crippen LogP contribution in [0.5, 0.6) is 0 Å². The number of hydrogen-bond donors (Lipinski definition) is 2. The predicted octanol–water partition coefficient (Wildman–Crippen LogP) is 11.6. The van der Waals surface area contributed by atoms with Crippen LogP contribution in [-0.2, 0) is 0 Å². The molecule has 0 aliphatic heterocycles. The number of allylic oxidation sites excluding steroid dienone is 2. The molecule has 0 aromatic heterocycles. The first-order valence-electron chi connectivity index (χ1n) is 16.6. The molecule has 2 N–H and O–H groups in total. The fraction of sp³-hybridized carbons (Fsp3) is 0.366. The van der Waals surface area contributed by atoms with Crippen molar-refractivity contribution in [3.8, 4) is 22.3 Å². The quantitative estimate of drug-likeness (QED) is 0.207. The molecule has 220 valence electrons. The molecule has 4 unspecified atom stereocenters. The molecule has 43 heavy (non-hydrogen) atoms. The predicted molar refractivity (Wildman–Crippen MR) is 184 cm³/mol. The zero-order chi connectivity index (χ0) is 29.5. The smallest absolute Gasteiger partial charge is 0.0384 e. The van der Waals surface area contributed by atoms with Gasteiger partial charge in [-0.25, -0.2) is 0 Å². The highest BCUT2D eigenvalue weighted by Gasteiger charge is 2.49. The van der Waals surface area contributed by atoms with E-state index in [1.807, 2.05) is 0 Å². The van der Waals surface area contributed by atoms with E-state index in [1.54, 1.807) is 11.1 Å². The fourth-order valence-corrected chi connectivity index (χ4v) is 8.12. The second kappa shape index (κ2) is 11.7. The molecule has 0 heterocycles. The summed E-state index contributed by atoms with van der Waals surface area (Å²) in [6, 6.07) is 34.3. The molecule has 4 aromatic rings. The summed E-state index contributed by atoms with van der Waals surface area (Å²) in [7, 11) is 0. The van der Waals surface area contributed by atoms with Crippen LogP contribution in [0.1, 0.15) is 82.8 Å². The Balaban J connectivity index is 1.27. The van der Waals surface area contributed by atoms with E-state index in [9.17, 15) is 0 Å². The van der Waals surface area contributed by atoms with E-state index < -0.39 is 0 Å². The third-order valence-corrected chi connectivity index (χ3v) is 10.7. The molecule has 1 saturated carbocycles. The molecule has 3 aliphatic carbocycles. The summed E-state index contributed by atoms with van der Waals surface area (Å²) in [5, 5.41) is 7.37. The maximum atomic E-state index is 3.82. The SMILES string of the molecule is CC1=CC2C1c1c(-c3ccc(Nc4ccccc4)cc3)ccc(-c3ccc(NC4CCCCC4)cc3)c1C2C(C)C(C)C. The van der Waals surface area contributed by atoms with Crippen LogP contribution in [0.2, 0.25) is 0 Å². The van der Waals surface area contributed by atoms with Gasteiger partial charge < -0.3 is 10.6 Å². The van der Waals surface area contributed by atoms with Gasteiger partial charge in [-0.05, 0) is 113 Å². The minimum Gasteiger partial charge on any atom is -0.382 e. The van der Waals surface area contributed by atoms with Crippen LogP contribution >= 0.6 is 0 Å². The van der Waals surface area contributed by atoms with Crippen molar-refractivity contribution in [1.82, 2.24) is 0 Å². The summed E-state index contributed by atoms with van der Waals surface area (Å²) < 4.78 is 0. The molecular formula is C41H46N2. The van der Waals surface area contributed by atoms with Crippen LogP contribution in [0, 0.1) is 17.8 Å². The van der Waals surface area contributed by atoms with Crippen molar-refractivity contribution in [2.24, 2.45) is 17.8 Å². The molecule has 0 amide bonds. The van der Waals surface area contributed by atoms with E-state index >= 15 is 0 Å². The summed E-state index contributed by atoms with van der Waals surface area (Å²) in [5.74, 6) is 2.89.